The predicted octanol–water partition coefficient (Wildman–Crippen LogP) is 2.09. The lowest BCUT2D eigenvalue weighted by atomic mass is 10.1. The Morgan fingerprint density at radius 1 is 1.03 bits per heavy atom. The molecule has 1 atom stereocenters. The number of anilines is 3. The van der Waals surface area contributed by atoms with Gasteiger partial charge in [-0.3, -0.25) is 10.2 Å². The zero-order valence-electron chi connectivity index (χ0n) is 16.4. The third-order valence-electron chi connectivity index (χ3n) is 4.00. The SMILES string of the molecule is N=C(NCCC[C@H](NC(=O)O)C(=O)Nc1ccc(Nc2ccccc2)cc1)N[N+](=O)[O-]. The fourth-order valence-corrected chi connectivity index (χ4v) is 2.62. The molecule has 0 fully saturated rings. The van der Waals surface area contributed by atoms with Crippen LogP contribution >= 0.6 is 0 Å². The third-order valence-corrected chi connectivity index (χ3v) is 4.00. The Kier molecular flexibility index (Phi) is 8.58. The first-order valence-corrected chi connectivity index (χ1v) is 9.29. The van der Waals surface area contributed by atoms with Crippen LogP contribution in [0.25, 0.3) is 0 Å². The second-order valence-electron chi connectivity index (χ2n) is 6.37. The average Bonchev–Trinajstić information content (AvgIpc) is 2.71. The van der Waals surface area contributed by atoms with Crippen LogP contribution in [0, 0.1) is 15.5 Å². The first kappa shape index (κ1) is 22.9. The van der Waals surface area contributed by atoms with Crippen molar-refractivity contribution in [3.05, 3.63) is 64.7 Å². The quantitative estimate of drug-likeness (QED) is 0.0985. The number of rotatable bonds is 10. The maximum atomic E-state index is 12.5. The number of nitrogens with one attached hydrogen (secondary N) is 6. The molecule has 2 aromatic carbocycles. The lowest BCUT2D eigenvalue weighted by molar-refractivity contribution is -0.525. The van der Waals surface area contributed by atoms with Crippen molar-refractivity contribution in [2.75, 3.05) is 17.2 Å². The van der Waals surface area contributed by atoms with Crippen LogP contribution in [0.4, 0.5) is 21.9 Å². The minimum absolute atomic E-state index is 0.129. The number of hydrogen-bond donors (Lipinski definition) is 7. The van der Waals surface area contributed by atoms with E-state index in [-0.39, 0.29) is 13.0 Å². The molecule has 2 aromatic rings. The highest BCUT2D eigenvalue weighted by molar-refractivity contribution is 5.96. The second kappa shape index (κ2) is 11.6. The molecule has 2 rings (SSSR count). The summed E-state index contributed by atoms with van der Waals surface area (Å²) in [5.74, 6) is -1.04. The van der Waals surface area contributed by atoms with Crippen molar-refractivity contribution in [3.63, 3.8) is 0 Å². The van der Waals surface area contributed by atoms with Crippen molar-refractivity contribution in [1.29, 1.82) is 5.41 Å². The van der Waals surface area contributed by atoms with E-state index in [9.17, 15) is 19.7 Å². The monoisotopic (exact) mass is 429 g/mol. The first-order valence-electron chi connectivity index (χ1n) is 9.29. The highest BCUT2D eigenvalue weighted by Crippen LogP contribution is 2.19. The van der Waals surface area contributed by atoms with Gasteiger partial charge in [0, 0.05) is 23.6 Å². The third kappa shape index (κ3) is 8.68. The zero-order valence-corrected chi connectivity index (χ0v) is 16.4. The normalized spacial score (nSPS) is 11.0. The van der Waals surface area contributed by atoms with Crippen LogP contribution in [-0.4, -0.2) is 40.7 Å². The fraction of sp³-hybridized carbons (Fsp3) is 0.211. The highest BCUT2D eigenvalue weighted by Gasteiger charge is 2.20. The fourth-order valence-electron chi connectivity index (χ4n) is 2.62. The van der Waals surface area contributed by atoms with Gasteiger partial charge in [0.1, 0.15) is 6.04 Å². The van der Waals surface area contributed by atoms with E-state index >= 15 is 0 Å². The van der Waals surface area contributed by atoms with E-state index in [1.807, 2.05) is 30.3 Å². The smallest absolute Gasteiger partial charge is 0.405 e. The Morgan fingerprint density at radius 3 is 2.26 bits per heavy atom. The molecule has 0 spiro atoms. The van der Waals surface area contributed by atoms with Crippen LogP contribution in [0.5, 0.6) is 0 Å². The molecule has 0 aliphatic rings. The standard InChI is InChI=1S/C19H23N7O5/c20-18(25-26(30)31)21-12-4-7-16(24-19(28)29)17(27)23-15-10-8-14(9-11-15)22-13-5-2-1-3-6-13/h1-3,5-6,8-11,16,22,24H,4,7,12H2,(H,23,27)(H,28,29)(H3,20,21,25)/t16-/m0/s1. The van der Waals surface area contributed by atoms with E-state index in [1.165, 1.54) is 0 Å². The number of hydrogen-bond acceptors (Lipinski definition) is 6. The molecule has 0 unspecified atom stereocenters. The van der Waals surface area contributed by atoms with Crippen molar-refractivity contribution >= 4 is 35.0 Å². The van der Waals surface area contributed by atoms with Crippen molar-refractivity contribution in [2.24, 2.45) is 0 Å². The number of hydrazine groups is 1. The molecule has 7 N–H and O–H groups in total. The molecule has 12 nitrogen and oxygen atoms in total. The van der Waals surface area contributed by atoms with Gasteiger partial charge < -0.3 is 26.4 Å². The number of carbonyl (C=O) groups excluding carboxylic acids is 1. The van der Waals surface area contributed by atoms with Gasteiger partial charge >= 0.3 is 6.09 Å². The number of nitrogens with zero attached hydrogens (tertiary/aromatic N) is 1. The van der Waals surface area contributed by atoms with E-state index in [4.69, 9.17) is 10.5 Å². The van der Waals surface area contributed by atoms with E-state index < -0.39 is 29.0 Å². The zero-order chi connectivity index (χ0) is 22.6. The van der Waals surface area contributed by atoms with Gasteiger partial charge in [0.15, 0.2) is 5.03 Å². The van der Waals surface area contributed by atoms with E-state index in [0.29, 0.717) is 12.1 Å². The number of nitro groups is 1. The Balaban J connectivity index is 1.87. The summed E-state index contributed by atoms with van der Waals surface area (Å²) in [6.07, 6.45) is -0.928. The average molecular weight is 429 g/mol. The molecule has 31 heavy (non-hydrogen) atoms. The predicted molar refractivity (Wildman–Crippen MR) is 115 cm³/mol. The summed E-state index contributed by atoms with van der Waals surface area (Å²) in [5, 5.41) is 36.1. The molecule has 0 heterocycles. The topological polar surface area (TPSA) is 182 Å². The number of amides is 2. The minimum atomic E-state index is -1.35. The number of carboxylic acid groups (broad SMARTS) is 1. The van der Waals surface area contributed by atoms with Crippen LogP contribution in [-0.2, 0) is 4.79 Å². The maximum absolute atomic E-state index is 12.5. The van der Waals surface area contributed by atoms with E-state index in [2.05, 4.69) is 21.3 Å². The summed E-state index contributed by atoms with van der Waals surface area (Å²) in [6, 6.07) is 15.5. The van der Waals surface area contributed by atoms with Crippen molar-refractivity contribution in [2.45, 2.75) is 18.9 Å². The molecule has 0 saturated heterocycles. The Hall–Kier alpha value is -4.35. The van der Waals surface area contributed by atoms with Crippen molar-refractivity contribution in [3.8, 4) is 0 Å². The van der Waals surface area contributed by atoms with Crippen LogP contribution < -0.4 is 26.7 Å². The number of carbonyl (C=O) groups is 2. The van der Waals surface area contributed by atoms with Gasteiger partial charge in [0.25, 0.3) is 5.96 Å². The number of para-hydroxylation sites is 1. The van der Waals surface area contributed by atoms with E-state index in [0.717, 1.165) is 11.4 Å². The lowest BCUT2D eigenvalue weighted by Crippen LogP contribution is -2.44. The Labute approximate surface area is 177 Å². The van der Waals surface area contributed by atoms with Crippen molar-refractivity contribution in [1.82, 2.24) is 16.1 Å². The Bertz CT molecular complexity index is 906. The van der Waals surface area contributed by atoms with Gasteiger partial charge in [-0.2, -0.15) is 0 Å². The molecule has 2 amide bonds. The molecule has 0 radical (unpaired) electrons. The van der Waals surface area contributed by atoms with Crippen LogP contribution in [0.1, 0.15) is 12.8 Å². The number of benzene rings is 2. The largest absolute Gasteiger partial charge is 0.465 e. The summed E-state index contributed by atoms with van der Waals surface area (Å²) in [7, 11) is 0. The number of guanidine groups is 1. The van der Waals surface area contributed by atoms with Gasteiger partial charge in [0.2, 0.25) is 5.91 Å². The summed E-state index contributed by atoms with van der Waals surface area (Å²) in [6.45, 7) is 0.143. The lowest BCUT2D eigenvalue weighted by Gasteiger charge is -2.17. The van der Waals surface area contributed by atoms with Gasteiger partial charge in [-0.05, 0) is 49.2 Å². The van der Waals surface area contributed by atoms with Gasteiger partial charge in [0.05, 0.1) is 0 Å². The van der Waals surface area contributed by atoms with Crippen LogP contribution in [0.3, 0.4) is 0 Å². The molecule has 0 saturated carbocycles. The minimum Gasteiger partial charge on any atom is -0.465 e. The Morgan fingerprint density at radius 2 is 1.65 bits per heavy atom. The van der Waals surface area contributed by atoms with Gasteiger partial charge in [-0.25, -0.2) is 14.9 Å². The van der Waals surface area contributed by atoms with Crippen LogP contribution in [0.15, 0.2) is 54.6 Å². The van der Waals surface area contributed by atoms with Gasteiger partial charge in [-0.1, -0.05) is 23.6 Å². The summed E-state index contributed by atoms with van der Waals surface area (Å²) >= 11 is 0. The summed E-state index contributed by atoms with van der Waals surface area (Å²) in [5.41, 5.74) is 3.87. The van der Waals surface area contributed by atoms with Gasteiger partial charge in [-0.15, -0.1) is 0 Å². The molecule has 0 bridgehead atoms. The summed E-state index contributed by atoms with van der Waals surface area (Å²) < 4.78 is 0. The molecular weight excluding hydrogens is 406 g/mol. The molecule has 0 aliphatic heterocycles. The second-order valence-corrected chi connectivity index (χ2v) is 6.37. The maximum Gasteiger partial charge on any atom is 0.405 e. The van der Waals surface area contributed by atoms with Crippen LogP contribution in [0.2, 0.25) is 0 Å². The molecule has 164 valence electrons. The van der Waals surface area contributed by atoms with E-state index in [1.54, 1.807) is 29.7 Å². The first-order chi connectivity index (χ1) is 14.8. The highest BCUT2D eigenvalue weighted by atomic mass is 16.7. The molecule has 0 aromatic heterocycles. The molecule has 0 aliphatic carbocycles. The molecular formula is C19H23N7O5. The van der Waals surface area contributed by atoms with Crippen molar-refractivity contribution < 1.29 is 19.7 Å². The summed E-state index contributed by atoms with van der Waals surface area (Å²) in [4.78, 5) is 33.7. The molecule has 12 heteroatoms.